The molecule has 0 heterocycles. The van der Waals surface area contributed by atoms with Crippen molar-refractivity contribution in [2.24, 2.45) is 4.99 Å². The van der Waals surface area contributed by atoms with Gasteiger partial charge in [0.15, 0.2) is 5.96 Å². The third-order valence-corrected chi connectivity index (χ3v) is 5.01. The molecule has 30 heavy (non-hydrogen) atoms. The Morgan fingerprint density at radius 2 is 1.87 bits per heavy atom. The van der Waals surface area contributed by atoms with Gasteiger partial charge in [-0.3, -0.25) is 9.79 Å². The van der Waals surface area contributed by atoms with E-state index in [1.54, 1.807) is 14.2 Å². The standard InChI is InChI=1S/C24H34N4O2/c1-6-18(3)28-23(29)20-10-8-19(9-11-20)16-27-24(25-4)26-14-13-21-15-17(2)7-12-22(21)30-5/h7-12,15,18H,6,13-14,16H2,1-5H3,(H,28,29)(H2,25,26,27). The first-order valence-electron chi connectivity index (χ1n) is 10.4. The zero-order valence-corrected chi connectivity index (χ0v) is 18.7. The lowest BCUT2D eigenvalue weighted by atomic mass is 10.1. The number of ether oxygens (including phenoxy) is 1. The van der Waals surface area contributed by atoms with Crippen LogP contribution in [0.1, 0.15) is 47.3 Å². The molecule has 0 spiro atoms. The number of carbonyl (C=O) groups excluding carboxylic acids is 1. The number of hydrogen-bond donors (Lipinski definition) is 3. The van der Waals surface area contributed by atoms with Crippen molar-refractivity contribution in [2.75, 3.05) is 20.7 Å². The number of rotatable bonds is 9. The van der Waals surface area contributed by atoms with Crippen LogP contribution in [0.2, 0.25) is 0 Å². The second-order valence-electron chi connectivity index (χ2n) is 7.40. The smallest absolute Gasteiger partial charge is 0.251 e. The quantitative estimate of drug-likeness (QED) is 0.437. The molecule has 0 aliphatic rings. The number of guanidine groups is 1. The highest BCUT2D eigenvalue weighted by molar-refractivity contribution is 5.94. The molecule has 0 saturated carbocycles. The largest absolute Gasteiger partial charge is 0.496 e. The minimum atomic E-state index is -0.0343. The minimum Gasteiger partial charge on any atom is -0.496 e. The summed E-state index contributed by atoms with van der Waals surface area (Å²) < 4.78 is 5.44. The first-order valence-corrected chi connectivity index (χ1v) is 10.4. The molecule has 0 aliphatic heterocycles. The summed E-state index contributed by atoms with van der Waals surface area (Å²) >= 11 is 0. The van der Waals surface area contributed by atoms with Crippen LogP contribution in [-0.4, -0.2) is 38.6 Å². The van der Waals surface area contributed by atoms with E-state index in [-0.39, 0.29) is 11.9 Å². The van der Waals surface area contributed by atoms with Crippen molar-refractivity contribution in [1.29, 1.82) is 0 Å². The van der Waals surface area contributed by atoms with Gasteiger partial charge in [0.1, 0.15) is 5.75 Å². The van der Waals surface area contributed by atoms with Crippen molar-refractivity contribution in [3.8, 4) is 5.75 Å². The molecule has 0 aliphatic carbocycles. The number of nitrogens with one attached hydrogen (secondary N) is 3. The van der Waals surface area contributed by atoms with Crippen LogP contribution in [0.25, 0.3) is 0 Å². The van der Waals surface area contributed by atoms with Crippen LogP contribution in [0.5, 0.6) is 5.75 Å². The van der Waals surface area contributed by atoms with E-state index >= 15 is 0 Å². The van der Waals surface area contributed by atoms with E-state index in [4.69, 9.17) is 4.74 Å². The molecule has 2 aromatic carbocycles. The first kappa shape index (κ1) is 23.3. The highest BCUT2D eigenvalue weighted by atomic mass is 16.5. The molecule has 6 nitrogen and oxygen atoms in total. The monoisotopic (exact) mass is 410 g/mol. The van der Waals surface area contributed by atoms with Gasteiger partial charge in [-0.1, -0.05) is 36.8 Å². The lowest BCUT2D eigenvalue weighted by Gasteiger charge is -2.14. The van der Waals surface area contributed by atoms with E-state index in [9.17, 15) is 4.79 Å². The Balaban J connectivity index is 1.83. The average Bonchev–Trinajstić information content (AvgIpc) is 2.76. The van der Waals surface area contributed by atoms with Gasteiger partial charge >= 0.3 is 0 Å². The fourth-order valence-corrected chi connectivity index (χ4v) is 3.01. The van der Waals surface area contributed by atoms with Crippen molar-refractivity contribution in [1.82, 2.24) is 16.0 Å². The van der Waals surface area contributed by atoms with Gasteiger partial charge in [-0.25, -0.2) is 0 Å². The van der Waals surface area contributed by atoms with E-state index in [0.29, 0.717) is 12.1 Å². The highest BCUT2D eigenvalue weighted by Gasteiger charge is 2.08. The molecule has 3 N–H and O–H groups in total. The summed E-state index contributed by atoms with van der Waals surface area (Å²) in [7, 11) is 3.45. The van der Waals surface area contributed by atoms with Gasteiger partial charge in [0, 0.05) is 31.7 Å². The van der Waals surface area contributed by atoms with Crippen LogP contribution in [-0.2, 0) is 13.0 Å². The fourth-order valence-electron chi connectivity index (χ4n) is 3.01. The van der Waals surface area contributed by atoms with Gasteiger partial charge in [0.2, 0.25) is 0 Å². The van der Waals surface area contributed by atoms with E-state index in [1.165, 1.54) is 11.1 Å². The zero-order chi connectivity index (χ0) is 21.9. The van der Waals surface area contributed by atoms with E-state index in [2.05, 4.69) is 46.9 Å². The Bertz CT molecular complexity index is 847. The maximum absolute atomic E-state index is 12.2. The first-order chi connectivity index (χ1) is 14.5. The number of hydrogen-bond acceptors (Lipinski definition) is 3. The average molecular weight is 411 g/mol. The van der Waals surface area contributed by atoms with Crippen molar-refractivity contribution in [3.63, 3.8) is 0 Å². The van der Waals surface area contributed by atoms with Gasteiger partial charge < -0.3 is 20.7 Å². The summed E-state index contributed by atoms with van der Waals surface area (Å²) in [6.07, 6.45) is 1.75. The van der Waals surface area contributed by atoms with Crippen LogP contribution < -0.4 is 20.7 Å². The molecule has 0 saturated heterocycles. The molecule has 0 bridgehead atoms. The predicted octanol–water partition coefficient (Wildman–Crippen LogP) is 3.44. The Kier molecular flexibility index (Phi) is 9.19. The summed E-state index contributed by atoms with van der Waals surface area (Å²) in [5.41, 5.74) is 4.15. The Morgan fingerprint density at radius 1 is 1.13 bits per heavy atom. The number of aryl methyl sites for hydroxylation is 1. The molecule has 0 fully saturated rings. The van der Waals surface area contributed by atoms with Crippen LogP contribution in [0.4, 0.5) is 0 Å². The van der Waals surface area contributed by atoms with Gasteiger partial charge in [0.05, 0.1) is 7.11 Å². The normalized spacial score (nSPS) is 12.2. The van der Waals surface area contributed by atoms with Crippen LogP contribution in [0.3, 0.4) is 0 Å². The maximum atomic E-state index is 12.2. The fraction of sp³-hybridized carbons (Fsp3) is 0.417. The second-order valence-corrected chi connectivity index (χ2v) is 7.40. The third-order valence-electron chi connectivity index (χ3n) is 5.01. The minimum absolute atomic E-state index is 0.0343. The maximum Gasteiger partial charge on any atom is 0.251 e. The summed E-state index contributed by atoms with van der Waals surface area (Å²) in [6.45, 7) is 7.51. The van der Waals surface area contributed by atoms with E-state index in [1.807, 2.05) is 37.3 Å². The van der Waals surface area contributed by atoms with Gasteiger partial charge in [-0.05, 0) is 56.0 Å². The van der Waals surface area contributed by atoms with Gasteiger partial charge in [0.25, 0.3) is 5.91 Å². The molecule has 1 amide bonds. The SMILES string of the molecule is CCC(C)NC(=O)c1ccc(CNC(=NC)NCCc2cc(C)ccc2OC)cc1. The van der Waals surface area contributed by atoms with Crippen LogP contribution in [0.15, 0.2) is 47.5 Å². The zero-order valence-electron chi connectivity index (χ0n) is 18.7. The molecular weight excluding hydrogens is 376 g/mol. The molecule has 2 rings (SSSR count). The van der Waals surface area contributed by atoms with Gasteiger partial charge in [-0.2, -0.15) is 0 Å². The summed E-state index contributed by atoms with van der Waals surface area (Å²) in [4.78, 5) is 16.5. The molecule has 1 unspecified atom stereocenters. The molecule has 0 radical (unpaired) electrons. The number of methoxy groups -OCH3 is 1. The number of nitrogens with zero attached hydrogens (tertiary/aromatic N) is 1. The molecule has 6 heteroatoms. The summed E-state index contributed by atoms with van der Waals surface area (Å²) in [5, 5.41) is 9.63. The van der Waals surface area contributed by atoms with E-state index in [0.717, 1.165) is 36.7 Å². The van der Waals surface area contributed by atoms with Crippen LogP contribution >= 0.6 is 0 Å². The Morgan fingerprint density at radius 3 is 2.50 bits per heavy atom. The van der Waals surface area contributed by atoms with Crippen molar-refractivity contribution >= 4 is 11.9 Å². The lowest BCUT2D eigenvalue weighted by Crippen LogP contribution is -2.37. The third kappa shape index (κ3) is 7.10. The molecule has 162 valence electrons. The van der Waals surface area contributed by atoms with Crippen molar-refractivity contribution in [3.05, 3.63) is 64.7 Å². The number of aliphatic imine (C=N–C) groups is 1. The second kappa shape index (κ2) is 11.9. The Labute approximate surface area is 180 Å². The van der Waals surface area contributed by atoms with Crippen molar-refractivity contribution in [2.45, 2.75) is 46.2 Å². The van der Waals surface area contributed by atoms with Crippen LogP contribution in [0, 0.1) is 6.92 Å². The highest BCUT2D eigenvalue weighted by Crippen LogP contribution is 2.19. The lowest BCUT2D eigenvalue weighted by molar-refractivity contribution is 0.0939. The van der Waals surface area contributed by atoms with E-state index < -0.39 is 0 Å². The number of benzene rings is 2. The number of carbonyl (C=O) groups is 1. The Hall–Kier alpha value is -3.02. The molecular formula is C24H34N4O2. The summed E-state index contributed by atoms with van der Waals surface area (Å²) in [6, 6.07) is 14.0. The van der Waals surface area contributed by atoms with Crippen molar-refractivity contribution < 1.29 is 9.53 Å². The number of amides is 1. The molecule has 0 aromatic heterocycles. The van der Waals surface area contributed by atoms with Gasteiger partial charge in [-0.15, -0.1) is 0 Å². The summed E-state index contributed by atoms with van der Waals surface area (Å²) in [5.74, 6) is 1.61. The molecule has 1 atom stereocenters. The predicted molar refractivity (Wildman–Crippen MR) is 123 cm³/mol. The molecule has 2 aromatic rings. The topological polar surface area (TPSA) is 74.8 Å².